The van der Waals surface area contributed by atoms with Crippen molar-refractivity contribution < 1.29 is 4.79 Å². The van der Waals surface area contributed by atoms with Crippen LogP contribution in [0.1, 0.15) is 25.8 Å². The third-order valence-electron chi connectivity index (χ3n) is 2.27. The number of benzene rings is 1. The van der Waals surface area contributed by atoms with Crippen LogP contribution >= 0.6 is 11.6 Å². The van der Waals surface area contributed by atoms with Crippen molar-refractivity contribution >= 4 is 17.5 Å². The van der Waals surface area contributed by atoms with Crippen molar-refractivity contribution in [3.05, 3.63) is 34.9 Å². The quantitative estimate of drug-likeness (QED) is 0.839. The Hall–Kier alpha value is -1.02. The Morgan fingerprint density at radius 1 is 1.53 bits per heavy atom. The van der Waals surface area contributed by atoms with Gasteiger partial charge in [0.1, 0.15) is 0 Å². The van der Waals surface area contributed by atoms with Crippen LogP contribution in [0.5, 0.6) is 0 Å². The van der Waals surface area contributed by atoms with Gasteiger partial charge in [-0.25, -0.2) is 0 Å². The van der Waals surface area contributed by atoms with Crippen LogP contribution in [0.2, 0.25) is 5.02 Å². The highest BCUT2D eigenvalue weighted by Gasteiger charge is 2.06. The molecule has 82 valence electrons. The second-order valence-corrected chi connectivity index (χ2v) is 4.12. The molecule has 0 saturated heterocycles. The van der Waals surface area contributed by atoms with E-state index in [-0.39, 0.29) is 11.9 Å². The smallest absolute Gasteiger partial charge is 0.224 e. The first kappa shape index (κ1) is 12.1. The van der Waals surface area contributed by atoms with E-state index < -0.39 is 0 Å². The fourth-order valence-electron chi connectivity index (χ4n) is 1.26. The van der Waals surface area contributed by atoms with Crippen LogP contribution < -0.4 is 5.32 Å². The highest BCUT2D eigenvalue weighted by Crippen LogP contribution is 2.11. The third-order valence-corrected chi connectivity index (χ3v) is 2.51. The Morgan fingerprint density at radius 2 is 2.27 bits per heavy atom. The van der Waals surface area contributed by atoms with Crippen molar-refractivity contribution in [2.24, 2.45) is 0 Å². The van der Waals surface area contributed by atoms with Gasteiger partial charge in [0.2, 0.25) is 5.91 Å². The van der Waals surface area contributed by atoms with Crippen molar-refractivity contribution in [1.29, 1.82) is 0 Å². The molecule has 0 unspecified atom stereocenters. The monoisotopic (exact) mass is 225 g/mol. The summed E-state index contributed by atoms with van der Waals surface area (Å²) >= 11 is 5.83. The molecule has 0 heterocycles. The number of hydrogen-bond donors (Lipinski definition) is 1. The molecule has 0 aromatic heterocycles. The number of hydrogen-bond acceptors (Lipinski definition) is 1. The molecule has 0 aliphatic rings. The fourth-order valence-corrected chi connectivity index (χ4v) is 1.47. The van der Waals surface area contributed by atoms with Gasteiger partial charge in [-0.05, 0) is 31.0 Å². The van der Waals surface area contributed by atoms with E-state index in [0.29, 0.717) is 11.4 Å². The van der Waals surface area contributed by atoms with E-state index in [9.17, 15) is 4.79 Å². The topological polar surface area (TPSA) is 29.1 Å². The molecule has 1 rings (SSSR count). The molecule has 0 aliphatic heterocycles. The fraction of sp³-hybridized carbons (Fsp3) is 0.417. The summed E-state index contributed by atoms with van der Waals surface area (Å²) in [6.07, 6.45) is 1.34. The van der Waals surface area contributed by atoms with Crippen LogP contribution in [0.25, 0.3) is 0 Å². The van der Waals surface area contributed by atoms with Gasteiger partial charge in [-0.1, -0.05) is 30.7 Å². The lowest BCUT2D eigenvalue weighted by molar-refractivity contribution is -0.121. The van der Waals surface area contributed by atoms with Gasteiger partial charge in [0.25, 0.3) is 0 Å². The summed E-state index contributed by atoms with van der Waals surface area (Å²) in [5, 5.41) is 3.59. The Morgan fingerprint density at radius 3 is 2.87 bits per heavy atom. The van der Waals surface area contributed by atoms with Crippen LogP contribution in [0.15, 0.2) is 24.3 Å². The zero-order valence-corrected chi connectivity index (χ0v) is 9.84. The Balaban J connectivity index is 2.51. The molecular weight excluding hydrogens is 210 g/mol. The predicted octanol–water partition coefficient (Wildman–Crippen LogP) is 2.80. The first-order chi connectivity index (χ1) is 7.11. The van der Waals surface area contributed by atoms with Crippen LogP contribution in [0, 0.1) is 0 Å². The number of rotatable bonds is 4. The van der Waals surface area contributed by atoms with E-state index in [0.717, 1.165) is 12.0 Å². The summed E-state index contributed by atoms with van der Waals surface area (Å²) in [7, 11) is 0. The summed E-state index contributed by atoms with van der Waals surface area (Å²) < 4.78 is 0. The maximum Gasteiger partial charge on any atom is 0.224 e. The standard InChI is InChI=1S/C12H16ClNO/c1-3-9(2)14-12(15)8-10-5-4-6-11(13)7-10/h4-7,9H,3,8H2,1-2H3,(H,14,15)/t9-/m0/s1. The lowest BCUT2D eigenvalue weighted by Crippen LogP contribution is -2.33. The molecule has 0 saturated carbocycles. The molecule has 0 aliphatic carbocycles. The Labute approximate surface area is 95.6 Å². The molecule has 0 spiro atoms. The summed E-state index contributed by atoms with van der Waals surface area (Å²) in [6, 6.07) is 7.61. The third kappa shape index (κ3) is 4.34. The van der Waals surface area contributed by atoms with Crippen molar-refractivity contribution in [2.75, 3.05) is 0 Å². The van der Waals surface area contributed by atoms with Crippen LogP contribution in [0.4, 0.5) is 0 Å². The first-order valence-electron chi connectivity index (χ1n) is 5.15. The number of nitrogens with one attached hydrogen (secondary N) is 1. The van der Waals surface area contributed by atoms with E-state index in [1.54, 1.807) is 6.07 Å². The number of carbonyl (C=O) groups is 1. The summed E-state index contributed by atoms with van der Waals surface area (Å²) in [5.74, 6) is 0.0478. The van der Waals surface area contributed by atoms with E-state index in [4.69, 9.17) is 11.6 Å². The van der Waals surface area contributed by atoms with Gasteiger partial charge < -0.3 is 5.32 Å². The molecule has 1 atom stereocenters. The van der Waals surface area contributed by atoms with Gasteiger partial charge in [0, 0.05) is 11.1 Å². The minimum Gasteiger partial charge on any atom is -0.353 e. The Kier molecular flexibility index (Phi) is 4.63. The minimum atomic E-state index is 0.0478. The molecule has 0 bridgehead atoms. The second-order valence-electron chi connectivity index (χ2n) is 3.68. The lowest BCUT2D eigenvalue weighted by Gasteiger charge is -2.11. The van der Waals surface area contributed by atoms with Gasteiger partial charge in [0.15, 0.2) is 0 Å². The summed E-state index contributed by atoms with van der Waals surface area (Å²) in [4.78, 5) is 11.5. The van der Waals surface area contributed by atoms with Gasteiger partial charge in [-0.3, -0.25) is 4.79 Å². The maximum absolute atomic E-state index is 11.5. The highest BCUT2D eigenvalue weighted by atomic mass is 35.5. The van der Waals surface area contributed by atoms with Gasteiger partial charge >= 0.3 is 0 Å². The molecule has 1 amide bonds. The second kappa shape index (κ2) is 5.76. The Bertz CT molecular complexity index is 338. The van der Waals surface area contributed by atoms with Crippen LogP contribution in [-0.4, -0.2) is 11.9 Å². The van der Waals surface area contributed by atoms with Crippen molar-refractivity contribution in [2.45, 2.75) is 32.7 Å². The molecule has 2 nitrogen and oxygen atoms in total. The predicted molar refractivity (Wildman–Crippen MR) is 63.1 cm³/mol. The zero-order valence-electron chi connectivity index (χ0n) is 9.09. The zero-order chi connectivity index (χ0) is 11.3. The molecule has 3 heteroatoms. The van der Waals surface area contributed by atoms with Crippen molar-refractivity contribution in [1.82, 2.24) is 5.32 Å². The first-order valence-corrected chi connectivity index (χ1v) is 5.53. The molecule has 0 fully saturated rings. The number of carbonyl (C=O) groups excluding carboxylic acids is 1. The van der Waals surface area contributed by atoms with Gasteiger partial charge in [0.05, 0.1) is 6.42 Å². The van der Waals surface area contributed by atoms with Gasteiger partial charge in [-0.15, -0.1) is 0 Å². The van der Waals surface area contributed by atoms with Gasteiger partial charge in [-0.2, -0.15) is 0 Å². The average Bonchev–Trinajstić information content (AvgIpc) is 2.17. The SMILES string of the molecule is CC[C@H](C)NC(=O)Cc1cccc(Cl)c1. The van der Waals surface area contributed by atoms with Crippen molar-refractivity contribution in [3.63, 3.8) is 0 Å². The van der Waals surface area contributed by atoms with E-state index in [1.807, 2.05) is 32.0 Å². The number of halogens is 1. The van der Waals surface area contributed by atoms with E-state index in [2.05, 4.69) is 5.32 Å². The molecule has 1 aromatic carbocycles. The average molecular weight is 226 g/mol. The van der Waals surface area contributed by atoms with Crippen LogP contribution in [-0.2, 0) is 11.2 Å². The van der Waals surface area contributed by atoms with E-state index >= 15 is 0 Å². The largest absolute Gasteiger partial charge is 0.353 e. The van der Waals surface area contributed by atoms with Crippen molar-refractivity contribution in [3.8, 4) is 0 Å². The lowest BCUT2D eigenvalue weighted by atomic mass is 10.1. The van der Waals surface area contributed by atoms with Crippen LogP contribution in [0.3, 0.4) is 0 Å². The normalized spacial score (nSPS) is 12.2. The summed E-state index contributed by atoms with van der Waals surface area (Å²) in [5.41, 5.74) is 0.948. The van der Waals surface area contributed by atoms with E-state index in [1.165, 1.54) is 0 Å². The number of amides is 1. The highest BCUT2D eigenvalue weighted by molar-refractivity contribution is 6.30. The molecule has 0 radical (unpaired) electrons. The summed E-state index contributed by atoms with van der Waals surface area (Å²) in [6.45, 7) is 4.04. The molecule has 15 heavy (non-hydrogen) atoms. The molecule has 1 aromatic rings. The molecule has 1 N–H and O–H groups in total. The maximum atomic E-state index is 11.5. The molecular formula is C12H16ClNO. The minimum absolute atomic E-state index is 0.0478.